The van der Waals surface area contributed by atoms with Crippen LogP contribution in [0.4, 0.5) is 0 Å². The number of furan rings is 1. The molecule has 0 amide bonds. The number of ketones is 1. The molecule has 2 aromatic heterocycles. The van der Waals surface area contributed by atoms with E-state index in [1.807, 2.05) is 0 Å². The first-order chi connectivity index (χ1) is 8.83. The Hall–Kier alpha value is -2.02. The maximum Gasteiger partial charge on any atom is 0.240 e. The number of carbonyl (C=O) groups excluding carboxylic acids is 1. The Morgan fingerprint density at radius 3 is 3.22 bits per heavy atom. The van der Waals surface area contributed by atoms with Crippen molar-refractivity contribution >= 4 is 5.78 Å². The zero-order valence-corrected chi connectivity index (χ0v) is 9.65. The molecule has 7 nitrogen and oxygen atoms in total. The summed E-state index contributed by atoms with van der Waals surface area (Å²) in [5, 5.41) is 11.8. The Kier molecular flexibility index (Phi) is 2.89. The molecule has 1 aliphatic rings. The molecule has 1 saturated heterocycles. The molecule has 7 heteroatoms. The van der Waals surface area contributed by atoms with E-state index in [2.05, 4.69) is 15.4 Å². The molecule has 0 spiro atoms. The minimum absolute atomic E-state index is 0.0388. The molecule has 1 aliphatic heterocycles. The molecule has 0 saturated carbocycles. The third kappa shape index (κ3) is 2.17. The molecule has 2 aromatic rings. The van der Waals surface area contributed by atoms with Crippen molar-refractivity contribution in [2.24, 2.45) is 5.92 Å². The van der Waals surface area contributed by atoms with Crippen LogP contribution < -0.4 is 0 Å². The van der Waals surface area contributed by atoms with Crippen LogP contribution in [0.1, 0.15) is 6.42 Å². The van der Waals surface area contributed by atoms with Crippen LogP contribution in [-0.4, -0.2) is 39.2 Å². The Morgan fingerprint density at radius 2 is 2.50 bits per heavy atom. The van der Waals surface area contributed by atoms with Crippen molar-refractivity contribution in [2.75, 3.05) is 13.2 Å². The van der Waals surface area contributed by atoms with E-state index in [1.165, 1.54) is 11.1 Å². The molecule has 0 aromatic carbocycles. The second-order valence-electron chi connectivity index (χ2n) is 4.15. The fourth-order valence-corrected chi connectivity index (χ4v) is 1.87. The third-order valence-electron chi connectivity index (χ3n) is 2.88. The Labute approximate surface area is 103 Å². The van der Waals surface area contributed by atoms with Gasteiger partial charge in [-0.2, -0.15) is 4.80 Å². The highest BCUT2D eigenvalue weighted by Gasteiger charge is 2.24. The summed E-state index contributed by atoms with van der Waals surface area (Å²) >= 11 is 0. The van der Waals surface area contributed by atoms with E-state index in [4.69, 9.17) is 9.15 Å². The predicted octanol–water partition coefficient (Wildman–Crippen LogP) is 0.539. The molecule has 3 heterocycles. The van der Waals surface area contributed by atoms with Gasteiger partial charge in [0.15, 0.2) is 11.5 Å². The second-order valence-corrected chi connectivity index (χ2v) is 4.15. The highest BCUT2D eigenvalue weighted by molar-refractivity contribution is 5.81. The van der Waals surface area contributed by atoms with Crippen molar-refractivity contribution in [3.8, 4) is 11.6 Å². The van der Waals surface area contributed by atoms with E-state index in [-0.39, 0.29) is 18.2 Å². The van der Waals surface area contributed by atoms with Gasteiger partial charge in [-0.25, -0.2) is 0 Å². The van der Waals surface area contributed by atoms with Gasteiger partial charge >= 0.3 is 0 Å². The molecular formula is C11H12N4O3. The standard InChI is InChI=1S/C11H12N4O3/c16-9(8-3-5-17-7-8)6-15-13-11(12-14-15)10-2-1-4-18-10/h1-2,4,8H,3,5-7H2. The van der Waals surface area contributed by atoms with Crippen molar-refractivity contribution < 1.29 is 13.9 Å². The largest absolute Gasteiger partial charge is 0.461 e. The van der Waals surface area contributed by atoms with E-state index in [9.17, 15) is 4.79 Å². The first-order valence-electron chi connectivity index (χ1n) is 5.75. The van der Waals surface area contributed by atoms with Crippen molar-refractivity contribution in [3.05, 3.63) is 18.4 Å². The molecule has 0 aliphatic carbocycles. The molecule has 1 unspecified atom stereocenters. The highest BCUT2D eigenvalue weighted by atomic mass is 16.5. The van der Waals surface area contributed by atoms with Gasteiger partial charge in [0.25, 0.3) is 0 Å². The van der Waals surface area contributed by atoms with E-state index in [0.29, 0.717) is 24.8 Å². The lowest BCUT2D eigenvalue weighted by molar-refractivity contribution is -0.123. The van der Waals surface area contributed by atoms with Crippen molar-refractivity contribution in [1.29, 1.82) is 0 Å². The van der Waals surface area contributed by atoms with Crippen LogP contribution in [0.2, 0.25) is 0 Å². The number of nitrogens with zero attached hydrogens (tertiary/aromatic N) is 4. The Bertz CT molecular complexity index is 528. The van der Waals surface area contributed by atoms with Crippen molar-refractivity contribution in [3.63, 3.8) is 0 Å². The number of Topliss-reactive ketones (excluding diaryl/α,β-unsaturated/α-hetero) is 1. The van der Waals surface area contributed by atoms with Gasteiger partial charge in [-0.15, -0.1) is 10.2 Å². The molecule has 0 bridgehead atoms. The summed E-state index contributed by atoms with van der Waals surface area (Å²) in [7, 11) is 0. The first-order valence-corrected chi connectivity index (χ1v) is 5.75. The fourth-order valence-electron chi connectivity index (χ4n) is 1.87. The molecular weight excluding hydrogens is 236 g/mol. The summed E-state index contributed by atoms with van der Waals surface area (Å²) in [5.41, 5.74) is 0. The number of tetrazole rings is 1. The molecule has 0 N–H and O–H groups in total. The minimum Gasteiger partial charge on any atom is -0.461 e. The maximum atomic E-state index is 11.9. The van der Waals surface area contributed by atoms with Crippen LogP contribution in [0.25, 0.3) is 11.6 Å². The number of ether oxygens (including phenoxy) is 1. The van der Waals surface area contributed by atoms with Crippen LogP contribution in [0.3, 0.4) is 0 Å². The zero-order chi connectivity index (χ0) is 12.4. The molecule has 18 heavy (non-hydrogen) atoms. The van der Waals surface area contributed by atoms with Gasteiger partial charge in [0, 0.05) is 12.5 Å². The minimum atomic E-state index is -0.0388. The monoisotopic (exact) mass is 248 g/mol. The van der Waals surface area contributed by atoms with E-state index < -0.39 is 0 Å². The number of carbonyl (C=O) groups is 1. The molecule has 3 rings (SSSR count). The van der Waals surface area contributed by atoms with Crippen LogP contribution in [0.5, 0.6) is 0 Å². The highest BCUT2D eigenvalue weighted by Crippen LogP contribution is 2.15. The van der Waals surface area contributed by atoms with E-state index in [0.717, 1.165) is 6.42 Å². The van der Waals surface area contributed by atoms with Gasteiger partial charge in [0.05, 0.1) is 12.9 Å². The second kappa shape index (κ2) is 4.69. The normalized spacial score (nSPS) is 19.2. The fraction of sp³-hybridized carbons (Fsp3) is 0.455. The topological polar surface area (TPSA) is 83.0 Å². The van der Waals surface area contributed by atoms with Crippen molar-refractivity contribution in [2.45, 2.75) is 13.0 Å². The molecule has 1 atom stereocenters. The van der Waals surface area contributed by atoms with Crippen LogP contribution in [0, 0.1) is 5.92 Å². The first kappa shape index (κ1) is 11.1. The lowest BCUT2D eigenvalue weighted by Gasteiger charge is -2.04. The summed E-state index contributed by atoms with van der Waals surface area (Å²) in [6.07, 6.45) is 2.32. The SMILES string of the molecule is O=C(Cn1nnc(-c2ccco2)n1)C1CCOC1. The average molecular weight is 248 g/mol. The average Bonchev–Trinajstić information content (AvgIpc) is 3.12. The third-order valence-corrected chi connectivity index (χ3v) is 2.88. The van der Waals surface area contributed by atoms with Gasteiger partial charge in [-0.3, -0.25) is 4.79 Å². The Balaban J connectivity index is 1.68. The van der Waals surface area contributed by atoms with Crippen molar-refractivity contribution in [1.82, 2.24) is 20.2 Å². The lowest BCUT2D eigenvalue weighted by atomic mass is 10.0. The number of aromatic nitrogens is 4. The van der Waals surface area contributed by atoms with Gasteiger partial charge in [0.2, 0.25) is 5.82 Å². The van der Waals surface area contributed by atoms with Gasteiger partial charge in [0.1, 0.15) is 6.54 Å². The van der Waals surface area contributed by atoms with E-state index in [1.54, 1.807) is 12.1 Å². The molecule has 0 radical (unpaired) electrons. The Morgan fingerprint density at radius 1 is 1.56 bits per heavy atom. The maximum absolute atomic E-state index is 11.9. The van der Waals surface area contributed by atoms with Gasteiger partial charge in [-0.1, -0.05) is 0 Å². The van der Waals surface area contributed by atoms with Gasteiger partial charge < -0.3 is 9.15 Å². The lowest BCUT2D eigenvalue weighted by Crippen LogP contribution is -2.21. The van der Waals surface area contributed by atoms with E-state index >= 15 is 0 Å². The predicted molar refractivity (Wildman–Crippen MR) is 59.5 cm³/mol. The number of rotatable bonds is 4. The quantitative estimate of drug-likeness (QED) is 0.785. The summed E-state index contributed by atoms with van der Waals surface area (Å²) in [4.78, 5) is 13.2. The van der Waals surface area contributed by atoms with Crippen LogP contribution in [0.15, 0.2) is 22.8 Å². The molecule has 94 valence electrons. The molecule has 1 fully saturated rings. The smallest absolute Gasteiger partial charge is 0.240 e. The zero-order valence-electron chi connectivity index (χ0n) is 9.65. The summed E-state index contributed by atoms with van der Waals surface area (Å²) in [5.74, 6) is 0.965. The summed E-state index contributed by atoms with van der Waals surface area (Å²) in [6.45, 7) is 1.28. The van der Waals surface area contributed by atoms with Gasteiger partial charge in [-0.05, 0) is 23.8 Å². The number of hydrogen-bond donors (Lipinski definition) is 0. The number of hydrogen-bond acceptors (Lipinski definition) is 6. The summed E-state index contributed by atoms with van der Waals surface area (Å²) < 4.78 is 10.3. The van der Waals surface area contributed by atoms with Crippen LogP contribution >= 0.6 is 0 Å². The summed E-state index contributed by atoms with van der Waals surface area (Å²) in [6, 6.07) is 3.49. The van der Waals surface area contributed by atoms with Crippen LogP contribution in [-0.2, 0) is 16.1 Å².